The summed E-state index contributed by atoms with van der Waals surface area (Å²) >= 11 is 1.35. The summed E-state index contributed by atoms with van der Waals surface area (Å²) in [6, 6.07) is 7.49. The number of imidazole rings is 1. The van der Waals surface area contributed by atoms with Gasteiger partial charge in [0, 0.05) is 18.4 Å². The van der Waals surface area contributed by atoms with Gasteiger partial charge in [0.2, 0.25) is 11.8 Å². The number of amides is 1. The van der Waals surface area contributed by atoms with Gasteiger partial charge in [-0.25, -0.2) is 4.98 Å². The van der Waals surface area contributed by atoms with Crippen LogP contribution in [0.5, 0.6) is 5.75 Å². The highest BCUT2D eigenvalue weighted by atomic mass is 32.2. The summed E-state index contributed by atoms with van der Waals surface area (Å²) in [7, 11) is 1.60. The van der Waals surface area contributed by atoms with Crippen LogP contribution < -0.4 is 9.75 Å². The minimum absolute atomic E-state index is 0.0315. The highest BCUT2D eigenvalue weighted by Gasteiger charge is 2.32. The number of ether oxygens (including phenoxy) is 1. The number of aryl methyl sites for hydroxylation is 1. The van der Waals surface area contributed by atoms with Crippen LogP contribution in [0.4, 0.5) is 5.82 Å². The van der Waals surface area contributed by atoms with Gasteiger partial charge in [0.15, 0.2) is 5.82 Å². The van der Waals surface area contributed by atoms with Gasteiger partial charge in [-0.1, -0.05) is 26.0 Å². The molecule has 0 unspecified atom stereocenters. The minimum atomic E-state index is -0.142. The van der Waals surface area contributed by atoms with E-state index >= 15 is 0 Å². The first kappa shape index (κ1) is 20.1. The molecule has 0 fully saturated rings. The van der Waals surface area contributed by atoms with Crippen molar-refractivity contribution < 1.29 is 14.3 Å². The van der Waals surface area contributed by atoms with Gasteiger partial charge in [-0.2, -0.15) is 10.1 Å². The lowest BCUT2D eigenvalue weighted by molar-refractivity contribution is -0.118. The number of hydrogen-bond donors (Lipinski definition) is 0. The number of carbonyl (C=O) groups excluding carboxylic acids is 2. The molecule has 1 aromatic carbocycles. The van der Waals surface area contributed by atoms with E-state index in [4.69, 9.17) is 4.74 Å². The largest absolute Gasteiger partial charge is 0.497 e. The number of anilines is 1. The van der Waals surface area contributed by atoms with Gasteiger partial charge in [0.1, 0.15) is 21.6 Å². The molecule has 1 amide bonds. The Labute approximate surface area is 168 Å². The molecule has 2 aromatic rings. The van der Waals surface area contributed by atoms with Crippen LogP contribution in [-0.4, -0.2) is 33.5 Å². The highest BCUT2D eigenvalue weighted by Crippen LogP contribution is 2.39. The number of thioether (sulfide) groups is 1. The Kier molecular flexibility index (Phi) is 6.18. The molecule has 0 aliphatic carbocycles. The zero-order valence-corrected chi connectivity index (χ0v) is 17.4. The molecule has 0 atom stereocenters. The third kappa shape index (κ3) is 3.82. The fourth-order valence-electron chi connectivity index (χ4n) is 2.96. The Morgan fingerprint density at radius 1 is 1.14 bits per heavy atom. The van der Waals surface area contributed by atoms with Crippen molar-refractivity contribution in [3.63, 3.8) is 0 Å². The van der Waals surface area contributed by atoms with E-state index in [0.29, 0.717) is 46.7 Å². The summed E-state index contributed by atoms with van der Waals surface area (Å²) in [6.07, 6.45) is 2.22. The maximum Gasteiger partial charge on any atom is 0.248 e. The summed E-state index contributed by atoms with van der Waals surface area (Å²) in [4.78, 5) is 29.9. The number of nitrogens with zero attached hydrogens (tertiary/aromatic N) is 4. The van der Waals surface area contributed by atoms with Crippen LogP contribution in [0.15, 0.2) is 34.4 Å². The quantitative estimate of drug-likeness (QED) is 0.725. The molecule has 0 radical (unpaired) electrons. The van der Waals surface area contributed by atoms with Gasteiger partial charge in [0.05, 0.1) is 7.11 Å². The molecule has 28 heavy (non-hydrogen) atoms. The lowest BCUT2D eigenvalue weighted by Crippen LogP contribution is -2.30. The topological polar surface area (TPSA) is 76.8 Å². The Morgan fingerprint density at radius 2 is 1.86 bits per heavy atom. The predicted molar refractivity (Wildman–Crippen MR) is 110 cm³/mol. The fourth-order valence-corrected chi connectivity index (χ4v) is 4.06. The lowest BCUT2D eigenvalue weighted by atomic mass is 10.2. The van der Waals surface area contributed by atoms with Crippen molar-refractivity contribution >= 4 is 34.4 Å². The van der Waals surface area contributed by atoms with E-state index in [2.05, 4.69) is 10.1 Å². The molecule has 1 aliphatic rings. The summed E-state index contributed by atoms with van der Waals surface area (Å²) < 4.78 is 6.91. The number of aromatic nitrogens is 2. The molecule has 2 heterocycles. The number of benzene rings is 1. The summed E-state index contributed by atoms with van der Waals surface area (Å²) in [6.45, 7) is 5.68. The van der Waals surface area contributed by atoms with Crippen molar-refractivity contribution in [2.75, 3.05) is 12.1 Å². The summed E-state index contributed by atoms with van der Waals surface area (Å²) in [5.41, 5.74) is 0.817. The zero-order chi connectivity index (χ0) is 20.3. The standard InChI is InChI=1S/C20H24N4O3S/c1-5-8-16(25)23-13(3)21-18-20(23)28-19(22-24(18)17(26)9-6-2)14-10-7-11-15(12-14)27-4/h7,10-12H,5-6,8-9H2,1-4H3. The Hall–Kier alpha value is -2.61. The molecule has 0 N–H and O–H groups in total. The van der Waals surface area contributed by atoms with Crippen molar-refractivity contribution in [2.45, 2.75) is 51.5 Å². The van der Waals surface area contributed by atoms with Gasteiger partial charge in [-0.15, -0.1) is 0 Å². The zero-order valence-electron chi connectivity index (χ0n) is 16.6. The third-order valence-electron chi connectivity index (χ3n) is 4.30. The molecule has 0 saturated heterocycles. The number of hydrogen-bond acceptors (Lipinski definition) is 6. The van der Waals surface area contributed by atoms with E-state index < -0.39 is 0 Å². The van der Waals surface area contributed by atoms with E-state index in [1.165, 1.54) is 16.8 Å². The average Bonchev–Trinajstić information content (AvgIpc) is 3.03. The first-order valence-electron chi connectivity index (χ1n) is 9.36. The maximum atomic E-state index is 12.7. The Morgan fingerprint density at radius 3 is 2.54 bits per heavy atom. The van der Waals surface area contributed by atoms with Crippen LogP contribution in [0.2, 0.25) is 0 Å². The van der Waals surface area contributed by atoms with Crippen LogP contribution in [0.25, 0.3) is 0 Å². The Balaban J connectivity index is 2.11. The number of methoxy groups -OCH3 is 1. The van der Waals surface area contributed by atoms with Crippen molar-refractivity contribution in [3.05, 3.63) is 35.7 Å². The molecule has 0 saturated carbocycles. The number of fused-ring (bicyclic) bond motifs is 1. The normalized spacial score (nSPS) is 13.1. The second-order valence-corrected chi connectivity index (χ2v) is 7.44. The molecule has 0 spiro atoms. The van der Waals surface area contributed by atoms with E-state index in [9.17, 15) is 9.59 Å². The first-order chi connectivity index (χ1) is 13.5. The van der Waals surface area contributed by atoms with Gasteiger partial charge in [-0.3, -0.25) is 14.2 Å². The second kappa shape index (κ2) is 8.60. The molecule has 148 valence electrons. The van der Waals surface area contributed by atoms with Crippen LogP contribution in [0.3, 0.4) is 0 Å². The number of carbonyl (C=O) groups is 2. The van der Waals surface area contributed by atoms with E-state index in [0.717, 1.165) is 12.0 Å². The molecule has 3 rings (SSSR count). The van der Waals surface area contributed by atoms with Gasteiger partial charge in [0.25, 0.3) is 0 Å². The number of rotatable bonds is 6. The van der Waals surface area contributed by atoms with Crippen molar-refractivity contribution in [1.29, 1.82) is 0 Å². The third-order valence-corrected chi connectivity index (χ3v) is 5.37. The average molecular weight is 401 g/mol. The lowest BCUT2D eigenvalue weighted by Gasteiger charge is -2.23. The van der Waals surface area contributed by atoms with E-state index in [-0.39, 0.29) is 11.8 Å². The monoisotopic (exact) mass is 400 g/mol. The molecule has 8 heteroatoms. The fraction of sp³-hybridized carbons (Fsp3) is 0.400. The van der Waals surface area contributed by atoms with E-state index in [1.54, 1.807) is 18.6 Å². The smallest absolute Gasteiger partial charge is 0.248 e. The molecular formula is C20H24N4O3S. The second-order valence-electron chi connectivity index (χ2n) is 6.46. The molecular weight excluding hydrogens is 376 g/mol. The summed E-state index contributed by atoms with van der Waals surface area (Å²) in [5.74, 6) is 1.52. The molecule has 1 aliphatic heterocycles. The highest BCUT2D eigenvalue weighted by molar-refractivity contribution is 8.14. The van der Waals surface area contributed by atoms with Crippen molar-refractivity contribution in [1.82, 2.24) is 9.55 Å². The van der Waals surface area contributed by atoms with Crippen LogP contribution >= 0.6 is 11.8 Å². The van der Waals surface area contributed by atoms with Crippen LogP contribution in [0, 0.1) is 6.92 Å². The van der Waals surface area contributed by atoms with Crippen LogP contribution in [-0.2, 0) is 4.79 Å². The molecule has 1 aromatic heterocycles. The van der Waals surface area contributed by atoms with Gasteiger partial charge in [-0.05, 0) is 43.7 Å². The van der Waals surface area contributed by atoms with E-state index in [1.807, 2.05) is 38.1 Å². The predicted octanol–water partition coefficient (Wildman–Crippen LogP) is 4.24. The molecule has 0 bridgehead atoms. The number of hydrazone groups is 1. The van der Waals surface area contributed by atoms with Gasteiger partial charge < -0.3 is 4.74 Å². The first-order valence-corrected chi connectivity index (χ1v) is 10.2. The van der Waals surface area contributed by atoms with Crippen molar-refractivity contribution in [2.24, 2.45) is 5.10 Å². The minimum Gasteiger partial charge on any atom is -0.497 e. The van der Waals surface area contributed by atoms with Crippen molar-refractivity contribution in [3.8, 4) is 5.75 Å². The van der Waals surface area contributed by atoms with Crippen LogP contribution in [0.1, 0.15) is 55.7 Å². The SMILES string of the molecule is CCCC(=O)N1N=C(c2cccc(OC)c2)Sc2c1nc(C)n2C(=O)CCC. The summed E-state index contributed by atoms with van der Waals surface area (Å²) in [5, 5.41) is 7.17. The molecule has 7 nitrogen and oxygen atoms in total. The van der Waals surface area contributed by atoms with Gasteiger partial charge >= 0.3 is 0 Å². The Bertz CT molecular complexity index is 936. The maximum absolute atomic E-state index is 12.7.